The highest BCUT2D eigenvalue weighted by molar-refractivity contribution is 5.98. The topological polar surface area (TPSA) is 66.5 Å². The van der Waals surface area contributed by atoms with E-state index in [-0.39, 0.29) is 36.4 Å². The Morgan fingerprint density at radius 2 is 1.67 bits per heavy atom. The summed E-state index contributed by atoms with van der Waals surface area (Å²) in [6, 6.07) is 7.70. The summed E-state index contributed by atoms with van der Waals surface area (Å²) in [4.78, 5) is 38.5. The van der Waals surface area contributed by atoms with Crippen LogP contribution in [0.2, 0.25) is 0 Å². The Hall–Kier alpha value is -2.17. The highest BCUT2D eigenvalue weighted by Crippen LogP contribution is 2.19. The third-order valence-electron chi connectivity index (χ3n) is 5.15. The Morgan fingerprint density at radius 1 is 1.00 bits per heavy atom. The molecule has 1 aromatic rings. The van der Waals surface area contributed by atoms with Gasteiger partial charge in [-0.15, -0.1) is 0 Å². The van der Waals surface area contributed by atoms with Crippen molar-refractivity contribution < 1.29 is 14.4 Å². The molecule has 1 aromatic carbocycles. The third-order valence-corrected chi connectivity index (χ3v) is 5.15. The maximum atomic E-state index is 12.4. The van der Waals surface area contributed by atoms with Gasteiger partial charge in [0.05, 0.1) is 0 Å². The number of rotatable bonds is 9. The van der Waals surface area contributed by atoms with Crippen molar-refractivity contribution in [3.05, 3.63) is 35.4 Å². The van der Waals surface area contributed by atoms with E-state index in [1.165, 1.54) is 5.56 Å². The summed E-state index contributed by atoms with van der Waals surface area (Å²) in [7, 11) is 0. The number of hydrogen-bond donors (Lipinski definition) is 1. The van der Waals surface area contributed by atoms with Crippen LogP contribution in [0.4, 0.5) is 0 Å². The van der Waals surface area contributed by atoms with E-state index in [0.29, 0.717) is 38.0 Å². The summed E-state index contributed by atoms with van der Waals surface area (Å²) in [5.74, 6) is 0.133. The number of Topliss-reactive ketones (excluding diaryl/α,β-unsaturated/α-hetero) is 1. The minimum Gasteiger partial charge on any atom is -0.356 e. The Kier molecular flexibility index (Phi) is 8.49. The Bertz CT molecular complexity index is 631. The van der Waals surface area contributed by atoms with Gasteiger partial charge >= 0.3 is 0 Å². The number of carbonyl (C=O) groups is 3. The fraction of sp³-hybridized carbons (Fsp3) is 0.591. The summed E-state index contributed by atoms with van der Waals surface area (Å²) >= 11 is 0. The fourth-order valence-corrected chi connectivity index (χ4v) is 3.45. The SMILES string of the molecule is CCCNC(=O)C1CCN(C(=O)CCC(=O)c2ccc(CCC)cc2)CC1. The monoisotopic (exact) mass is 372 g/mol. The normalized spacial score (nSPS) is 14.8. The van der Waals surface area contributed by atoms with Crippen LogP contribution in [0.1, 0.15) is 68.3 Å². The highest BCUT2D eigenvalue weighted by atomic mass is 16.2. The predicted molar refractivity (Wildman–Crippen MR) is 107 cm³/mol. The zero-order valence-electron chi connectivity index (χ0n) is 16.6. The van der Waals surface area contributed by atoms with Gasteiger partial charge in [-0.2, -0.15) is 0 Å². The zero-order valence-corrected chi connectivity index (χ0v) is 16.6. The molecule has 0 unspecified atom stereocenters. The van der Waals surface area contributed by atoms with Gasteiger partial charge < -0.3 is 10.2 Å². The summed E-state index contributed by atoms with van der Waals surface area (Å²) in [6.45, 7) is 6.07. The molecule has 2 rings (SSSR count). The van der Waals surface area contributed by atoms with Gasteiger partial charge in [0, 0.05) is 44.0 Å². The molecule has 1 heterocycles. The molecule has 0 aliphatic carbocycles. The second-order valence-electron chi connectivity index (χ2n) is 7.32. The average molecular weight is 373 g/mol. The molecule has 5 heteroatoms. The molecule has 0 spiro atoms. The Balaban J connectivity index is 1.74. The molecule has 2 amide bonds. The lowest BCUT2D eigenvalue weighted by molar-refractivity contribution is -0.135. The first kappa shape index (κ1) is 21.1. The fourth-order valence-electron chi connectivity index (χ4n) is 3.45. The van der Waals surface area contributed by atoms with Crippen molar-refractivity contribution in [3.8, 4) is 0 Å². The van der Waals surface area contributed by atoms with Gasteiger partial charge in [0.2, 0.25) is 11.8 Å². The van der Waals surface area contributed by atoms with Crippen LogP contribution in [0.5, 0.6) is 0 Å². The first-order valence-electron chi connectivity index (χ1n) is 10.2. The number of hydrogen-bond acceptors (Lipinski definition) is 3. The number of aryl methyl sites for hydroxylation is 1. The molecule has 0 radical (unpaired) electrons. The Morgan fingerprint density at radius 3 is 2.26 bits per heavy atom. The second kappa shape index (κ2) is 10.9. The Labute approximate surface area is 162 Å². The number of benzene rings is 1. The lowest BCUT2D eigenvalue weighted by Crippen LogP contribution is -2.43. The summed E-state index contributed by atoms with van der Waals surface area (Å²) in [5, 5.41) is 2.93. The first-order valence-corrected chi connectivity index (χ1v) is 10.2. The van der Waals surface area contributed by atoms with E-state index in [1.807, 2.05) is 31.2 Å². The van der Waals surface area contributed by atoms with Crippen LogP contribution in [-0.2, 0) is 16.0 Å². The predicted octanol–water partition coefficient (Wildman–Crippen LogP) is 3.37. The minimum absolute atomic E-state index is 0.00358. The number of ketones is 1. The van der Waals surface area contributed by atoms with Crippen LogP contribution in [0.3, 0.4) is 0 Å². The molecule has 27 heavy (non-hydrogen) atoms. The minimum atomic E-state index is 0.00358. The van der Waals surface area contributed by atoms with Crippen LogP contribution in [-0.4, -0.2) is 42.1 Å². The van der Waals surface area contributed by atoms with Crippen molar-refractivity contribution in [1.82, 2.24) is 10.2 Å². The maximum Gasteiger partial charge on any atom is 0.223 e. The van der Waals surface area contributed by atoms with Crippen LogP contribution in [0.15, 0.2) is 24.3 Å². The molecular weight excluding hydrogens is 340 g/mol. The van der Waals surface area contributed by atoms with Gasteiger partial charge in [-0.1, -0.05) is 44.5 Å². The number of carbonyl (C=O) groups excluding carboxylic acids is 3. The summed E-state index contributed by atoms with van der Waals surface area (Å²) < 4.78 is 0. The van der Waals surface area contributed by atoms with Crippen molar-refractivity contribution in [2.45, 2.75) is 58.8 Å². The molecule has 1 aliphatic rings. The van der Waals surface area contributed by atoms with Gasteiger partial charge in [-0.05, 0) is 31.2 Å². The van der Waals surface area contributed by atoms with Crippen molar-refractivity contribution >= 4 is 17.6 Å². The van der Waals surface area contributed by atoms with E-state index in [0.717, 1.165) is 19.3 Å². The highest BCUT2D eigenvalue weighted by Gasteiger charge is 2.27. The number of amides is 2. The summed E-state index contributed by atoms with van der Waals surface area (Å²) in [5.41, 5.74) is 1.91. The lowest BCUT2D eigenvalue weighted by atomic mass is 9.95. The number of nitrogens with one attached hydrogen (secondary N) is 1. The second-order valence-corrected chi connectivity index (χ2v) is 7.32. The van der Waals surface area contributed by atoms with E-state index in [1.54, 1.807) is 4.90 Å². The van der Waals surface area contributed by atoms with Gasteiger partial charge in [-0.3, -0.25) is 14.4 Å². The van der Waals surface area contributed by atoms with Gasteiger partial charge in [0.15, 0.2) is 5.78 Å². The van der Waals surface area contributed by atoms with Gasteiger partial charge in [-0.25, -0.2) is 0 Å². The third kappa shape index (κ3) is 6.49. The molecule has 148 valence electrons. The quantitative estimate of drug-likeness (QED) is 0.676. The molecule has 5 nitrogen and oxygen atoms in total. The van der Waals surface area contributed by atoms with Crippen molar-refractivity contribution in [3.63, 3.8) is 0 Å². The van der Waals surface area contributed by atoms with E-state index in [2.05, 4.69) is 12.2 Å². The molecular formula is C22H32N2O3. The molecule has 0 aromatic heterocycles. The van der Waals surface area contributed by atoms with Crippen LogP contribution in [0.25, 0.3) is 0 Å². The first-order chi connectivity index (χ1) is 13.0. The van der Waals surface area contributed by atoms with Gasteiger partial charge in [0.1, 0.15) is 0 Å². The van der Waals surface area contributed by atoms with Crippen LogP contribution in [0, 0.1) is 5.92 Å². The van der Waals surface area contributed by atoms with E-state index >= 15 is 0 Å². The van der Waals surface area contributed by atoms with Crippen LogP contribution < -0.4 is 5.32 Å². The van der Waals surface area contributed by atoms with Crippen molar-refractivity contribution in [1.29, 1.82) is 0 Å². The lowest BCUT2D eigenvalue weighted by Gasteiger charge is -2.31. The maximum absolute atomic E-state index is 12.4. The number of nitrogens with zero attached hydrogens (tertiary/aromatic N) is 1. The van der Waals surface area contributed by atoms with E-state index in [9.17, 15) is 14.4 Å². The van der Waals surface area contributed by atoms with Crippen LogP contribution >= 0.6 is 0 Å². The summed E-state index contributed by atoms with van der Waals surface area (Å²) in [6.07, 6.45) is 4.91. The molecule has 0 bridgehead atoms. The van der Waals surface area contributed by atoms with Crippen molar-refractivity contribution in [2.75, 3.05) is 19.6 Å². The van der Waals surface area contributed by atoms with Crippen molar-refractivity contribution in [2.24, 2.45) is 5.92 Å². The average Bonchev–Trinajstić information content (AvgIpc) is 2.71. The smallest absolute Gasteiger partial charge is 0.223 e. The molecule has 1 saturated heterocycles. The molecule has 1 aliphatic heterocycles. The van der Waals surface area contributed by atoms with Gasteiger partial charge in [0.25, 0.3) is 0 Å². The molecule has 1 N–H and O–H groups in total. The number of likely N-dealkylation sites (tertiary alicyclic amines) is 1. The largest absolute Gasteiger partial charge is 0.356 e. The standard InChI is InChI=1S/C22H32N2O3/c1-3-5-17-6-8-18(9-7-17)20(25)10-11-21(26)24-15-12-19(13-16-24)22(27)23-14-4-2/h6-9,19H,3-5,10-16H2,1-2H3,(H,23,27). The molecule has 0 atom stereocenters. The molecule has 1 fully saturated rings. The van der Waals surface area contributed by atoms with E-state index in [4.69, 9.17) is 0 Å². The zero-order chi connectivity index (χ0) is 19.6. The molecule has 0 saturated carbocycles. The van der Waals surface area contributed by atoms with E-state index < -0.39 is 0 Å². The number of piperidine rings is 1.